The van der Waals surface area contributed by atoms with Crippen LogP contribution in [0.15, 0.2) is 11.6 Å². The highest BCUT2D eigenvalue weighted by Crippen LogP contribution is 2.25. The first kappa shape index (κ1) is 9.55. The van der Waals surface area contributed by atoms with E-state index >= 15 is 0 Å². The average molecular weight is 189 g/mol. The molecule has 2 N–H and O–H groups in total. The zero-order valence-corrected chi connectivity index (χ0v) is 7.62. The molecule has 2 aliphatic rings. The Hall–Kier alpha value is -0.540. The molecule has 0 aromatic carbocycles. The molecule has 0 aromatic heterocycles. The Balaban J connectivity index is 0.000000720. The third-order valence-corrected chi connectivity index (χ3v) is 2.37. The van der Waals surface area contributed by atoms with Crippen molar-refractivity contribution in [1.29, 1.82) is 0 Å². The first-order valence-electron chi connectivity index (χ1n) is 4.11. The molecule has 1 amide bonds. The molecular weight excluding hydrogens is 176 g/mol. The molecule has 4 heteroatoms. The summed E-state index contributed by atoms with van der Waals surface area (Å²) in [4.78, 5) is 11.2. The standard InChI is InChI=1S/C8H12N2O.ClH/c11-8-7-4-2-1-3-6(7)5-9-10-8;/h4,6,9H,1-3,5H2,(H,10,11);1H. The van der Waals surface area contributed by atoms with E-state index < -0.39 is 0 Å². The van der Waals surface area contributed by atoms with Gasteiger partial charge in [-0.05, 0) is 19.3 Å². The minimum absolute atomic E-state index is 0. The summed E-state index contributed by atoms with van der Waals surface area (Å²) in [6.45, 7) is 0.900. The van der Waals surface area contributed by atoms with Gasteiger partial charge in [-0.25, -0.2) is 5.43 Å². The zero-order chi connectivity index (χ0) is 7.68. The van der Waals surface area contributed by atoms with E-state index in [4.69, 9.17) is 0 Å². The number of halogens is 1. The minimum Gasteiger partial charge on any atom is -0.288 e. The summed E-state index contributed by atoms with van der Waals surface area (Å²) >= 11 is 0. The van der Waals surface area contributed by atoms with Gasteiger partial charge in [0.2, 0.25) is 0 Å². The van der Waals surface area contributed by atoms with Crippen LogP contribution in [-0.4, -0.2) is 12.5 Å². The molecule has 0 radical (unpaired) electrons. The lowest BCUT2D eigenvalue weighted by Crippen LogP contribution is -2.49. The highest BCUT2D eigenvalue weighted by molar-refractivity contribution is 5.94. The Labute approximate surface area is 78.0 Å². The van der Waals surface area contributed by atoms with Crippen LogP contribution < -0.4 is 10.9 Å². The van der Waals surface area contributed by atoms with E-state index in [0.29, 0.717) is 5.92 Å². The number of hydrazine groups is 1. The van der Waals surface area contributed by atoms with Crippen LogP contribution in [-0.2, 0) is 4.79 Å². The van der Waals surface area contributed by atoms with Crippen LogP contribution in [0.1, 0.15) is 19.3 Å². The van der Waals surface area contributed by atoms with Gasteiger partial charge in [0.15, 0.2) is 0 Å². The SMILES string of the molecule is Cl.O=C1NNCC2CCCC=C12. The maximum absolute atomic E-state index is 11.2. The van der Waals surface area contributed by atoms with Gasteiger partial charge in [0.05, 0.1) is 0 Å². The number of hydrogen-bond acceptors (Lipinski definition) is 2. The molecule has 1 atom stereocenters. The summed E-state index contributed by atoms with van der Waals surface area (Å²) < 4.78 is 0. The van der Waals surface area contributed by atoms with Gasteiger partial charge in [-0.1, -0.05) is 6.08 Å². The highest BCUT2D eigenvalue weighted by Gasteiger charge is 2.26. The Morgan fingerprint density at radius 2 is 2.33 bits per heavy atom. The summed E-state index contributed by atoms with van der Waals surface area (Å²) in [6.07, 6.45) is 5.53. The van der Waals surface area contributed by atoms with Crippen molar-refractivity contribution in [1.82, 2.24) is 10.9 Å². The van der Waals surface area contributed by atoms with Gasteiger partial charge < -0.3 is 0 Å². The van der Waals surface area contributed by atoms with Crippen LogP contribution in [0.4, 0.5) is 0 Å². The Morgan fingerprint density at radius 3 is 3.08 bits per heavy atom. The van der Waals surface area contributed by atoms with Crippen LogP contribution in [0.3, 0.4) is 0 Å². The van der Waals surface area contributed by atoms with Crippen LogP contribution in [0, 0.1) is 5.92 Å². The molecule has 0 saturated carbocycles. The lowest BCUT2D eigenvalue weighted by atomic mass is 9.86. The number of amides is 1. The van der Waals surface area contributed by atoms with E-state index in [1.807, 2.05) is 0 Å². The largest absolute Gasteiger partial charge is 0.288 e. The van der Waals surface area contributed by atoms with Crippen molar-refractivity contribution in [3.8, 4) is 0 Å². The van der Waals surface area contributed by atoms with Crippen molar-refractivity contribution in [2.45, 2.75) is 19.3 Å². The predicted octanol–water partition coefficient (Wildman–Crippen LogP) is 0.769. The van der Waals surface area contributed by atoms with Crippen LogP contribution >= 0.6 is 12.4 Å². The lowest BCUT2D eigenvalue weighted by Gasteiger charge is -2.28. The number of nitrogens with one attached hydrogen (secondary N) is 2. The lowest BCUT2D eigenvalue weighted by molar-refractivity contribution is -0.120. The van der Waals surface area contributed by atoms with Crippen LogP contribution in [0.25, 0.3) is 0 Å². The fourth-order valence-electron chi connectivity index (χ4n) is 1.76. The zero-order valence-electron chi connectivity index (χ0n) is 6.80. The normalized spacial score (nSPS) is 27.8. The van der Waals surface area contributed by atoms with E-state index in [-0.39, 0.29) is 18.3 Å². The maximum Gasteiger partial charge on any atom is 0.261 e. The van der Waals surface area contributed by atoms with Gasteiger partial charge in [0.1, 0.15) is 0 Å². The molecule has 1 aliphatic carbocycles. The monoisotopic (exact) mass is 188 g/mol. The third-order valence-electron chi connectivity index (χ3n) is 2.37. The number of allylic oxidation sites excluding steroid dienone is 1. The summed E-state index contributed by atoms with van der Waals surface area (Å²) in [5, 5.41) is 0. The Morgan fingerprint density at radius 1 is 1.50 bits per heavy atom. The van der Waals surface area contributed by atoms with Crippen LogP contribution in [0.2, 0.25) is 0 Å². The predicted molar refractivity (Wildman–Crippen MR) is 48.8 cm³/mol. The average Bonchev–Trinajstić information content (AvgIpc) is 2.06. The molecule has 0 aromatic rings. The van der Waals surface area contributed by atoms with Gasteiger partial charge >= 0.3 is 0 Å². The molecule has 1 saturated heterocycles. The third kappa shape index (κ3) is 1.62. The summed E-state index contributed by atoms with van der Waals surface area (Å²) in [5.74, 6) is 0.540. The molecule has 3 nitrogen and oxygen atoms in total. The van der Waals surface area contributed by atoms with Crippen molar-refractivity contribution in [3.05, 3.63) is 11.6 Å². The molecular formula is C8H13ClN2O. The molecule has 0 bridgehead atoms. The Kier molecular flexibility index (Phi) is 3.12. The van der Waals surface area contributed by atoms with Crippen LogP contribution in [0.5, 0.6) is 0 Å². The fourth-order valence-corrected chi connectivity index (χ4v) is 1.76. The summed E-state index contributed by atoms with van der Waals surface area (Å²) in [5.41, 5.74) is 6.51. The molecule has 1 unspecified atom stereocenters. The number of hydrogen-bond donors (Lipinski definition) is 2. The minimum atomic E-state index is 0. The van der Waals surface area contributed by atoms with Crippen molar-refractivity contribution in [2.75, 3.05) is 6.54 Å². The quantitative estimate of drug-likeness (QED) is 0.590. The topological polar surface area (TPSA) is 41.1 Å². The molecule has 1 fully saturated rings. The molecule has 1 aliphatic heterocycles. The van der Waals surface area contributed by atoms with Gasteiger partial charge in [-0.15, -0.1) is 12.4 Å². The van der Waals surface area contributed by atoms with Crippen molar-refractivity contribution in [2.24, 2.45) is 5.92 Å². The van der Waals surface area contributed by atoms with Gasteiger partial charge in [-0.3, -0.25) is 10.2 Å². The molecule has 68 valence electrons. The number of carbonyl (C=O) groups is 1. The molecule has 2 rings (SSSR count). The number of fused-ring (bicyclic) bond motifs is 1. The van der Waals surface area contributed by atoms with E-state index in [1.54, 1.807) is 0 Å². The maximum atomic E-state index is 11.2. The van der Waals surface area contributed by atoms with Gasteiger partial charge in [-0.2, -0.15) is 0 Å². The van der Waals surface area contributed by atoms with E-state index in [0.717, 1.165) is 25.0 Å². The number of rotatable bonds is 0. The second-order valence-electron chi connectivity index (χ2n) is 3.12. The van der Waals surface area contributed by atoms with Crippen molar-refractivity contribution in [3.63, 3.8) is 0 Å². The van der Waals surface area contributed by atoms with Gasteiger partial charge in [0, 0.05) is 18.0 Å². The van der Waals surface area contributed by atoms with E-state index in [9.17, 15) is 4.79 Å². The first-order valence-corrected chi connectivity index (χ1v) is 4.11. The molecule has 12 heavy (non-hydrogen) atoms. The highest BCUT2D eigenvalue weighted by atomic mass is 35.5. The Bertz CT molecular complexity index is 215. The second kappa shape index (κ2) is 3.92. The fraction of sp³-hybridized carbons (Fsp3) is 0.625. The smallest absolute Gasteiger partial charge is 0.261 e. The molecule has 0 spiro atoms. The second-order valence-corrected chi connectivity index (χ2v) is 3.12. The van der Waals surface area contributed by atoms with Crippen molar-refractivity contribution < 1.29 is 4.79 Å². The van der Waals surface area contributed by atoms with Crippen molar-refractivity contribution >= 4 is 18.3 Å². The van der Waals surface area contributed by atoms with Gasteiger partial charge in [0.25, 0.3) is 5.91 Å². The summed E-state index contributed by atoms with van der Waals surface area (Å²) in [7, 11) is 0. The molecule has 1 heterocycles. The van der Waals surface area contributed by atoms with E-state index in [1.165, 1.54) is 6.42 Å². The summed E-state index contributed by atoms with van der Waals surface area (Å²) in [6, 6.07) is 0. The number of carbonyl (C=O) groups excluding carboxylic acids is 1. The first-order chi connectivity index (χ1) is 5.38. The van der Waals surface area contributed by atoms with E-state index in [2.05, 4.69) is 16.9 Å².